The largest absolute Gasteiger partial charge is 0.545 e. The molecule has 0 aliphatic heterocycles. The number of sulfonamides is 1. The predicted molar refractivity (Wildman–Crippen MR) is 110 cm³/mol. The molecule has 0 saturated carbocycles. The molecule has 3 aromatic rings. The molecular formula is C21H18ClN2O4S-. The average Bonchev–Trinajstić information content (AvgIpc) is 2.72. The third-order valence-corrected chi connectivity index (χ3v) is 5.93. The molecule has 0 spiro atoms. The summed E-state index contributed by atoms with van der Waals surface area (Å²) < 4.78 is 27.8. The molecule has 0 aliphatic carbocycles. The third kappa shape index (κ3) is 5.57. The van der Waals surface area contributed by atoms with E-state index in [1.54, 1.807) is 12.1 Å². The fourth-order valence-corrected chi connectivity index (χ4v) is 3.94. The highest BCUT2D eigenvalue weighted by Crippen LogP contribution is 2.21. The molecule has 3 aromatic carbocycles. The number of carboxylic acid groups (broad SMARTS) is 1. The molecule has 0 radical (unpaired) electrons. The Labute approximate surface area is 174 Å². The van der Waals surface area contributed by atoms with Crippen LogP contribution in [0.3, 0.4) is 0 Å². The van der Waals surface area contributed by atoms with E-state index in [2.05, 4.69) is 10.0 Å². The van der Waals surface area contributed by atoms with Crippen LogP contribution in [0, 0.1) is 0 Å². The quantitative estimate of drug-likeness (QED) is 0.573. The second-order valence-corrected chi connectivity index (χ2v) is 8.49. The van der Waals surface area contributed by atoms with Crippen LogP contribution in [0.15, 0.2) is 83.8 Å². The Morgan fingerprint density at radius 1 is 0.966 bits per heavy atom. The van der Waals surface area contributed by atoms with Crippen LogP contribution in [0.25, 0.3) is 0 Å². The van der Waals surface area contributed by atoms with Crippen LogP contribution in [-0.4, -0.2) is 20.9 Å². The van der Waals surface area contributed by atoms with Crippen molar-refractivity contribution in [3.05, 3.63) is 95.0 Å². The first-order valence-electron chi connectivity index (χ1n) is 8.73. The van der Waals surface area contributed by atoms with Crippen LogP contribution in [0.5, 0.6) is 0 Å². The van der Waals surface area contributed by atoms with E-state index in [9.17, 15) is 18.3 Å². The fourth-order valence-electron chi connectivity index (χ4n) is 2.76. The van der Waals surface area contributed by atoms with E-state index in [1.807, 2.05) is 30.3 Å². The van der Waals surface area contributed by atoms with Gasteiger partial charge in [-0.3, -0.25) is 0 Å². The van der Waals surface area contributed by atoms with Gasteiger partial charge in [0.2, 0.25) is 10.0 Å². The van der Waals surface area contributed by atoms with E-state index < -0.39 is 22.0 Å². The molecule has 29 heavy (non-hydrogen) atoms. The number of hydrogen-bond acceptors (Lipinski definition) is 5. The number of carboxylic acids is 1. The van der Waals surface area contributed by atoms with Crippen molar-refractivity contribution in [3.8, 4) is 0 Å². The molecule has 0 fully saturated rings. The summed E-state index contributed by atoms with van der Waals surface area (Å²) >= 11 is 5.82. The Hall–Kier alpha value is -2.87. The molecular weight excluding hydrogens is 412 g/mol. The fraction of sp³-hybridized carbons (Fsp3) is 0.0952. The predicted octanol–water partition coefficient (Wildman–Crippen LogP) is 2.84. The second kappa shape index (κ2) is 9.09. The molecule has 2 N–H and O–H groups in total. The second-order valence-electron chi connectivity index (χ2n) is 6.28. The lowest BCUT2D eigenvalue weighted by atomic mass is 10.1. The Bertz CT molecular complexity index is 1090. The molecule has 6 nitrogen and oxygen atoms in total. The lowest BCUT2D eigenvalue weighted by Crippen LogP contribution is -2.31. The van der Waals surface area contributed by atoms with Gasteiger partial charge in [0, 0.05) is 17.3 Å². The van der Waals surface area contributed by atoms with E-state index in [-0.39, 0.29) is 17.0 Å². The zero-order valence-electron chi connectivity index (χ0n) is 15.2. The number of nitrogens with one attached hydrogen (secondary N) is 2. The van der Waals surface area contributed by atoms with E-state index in [0.29, 0.717) is 10.7 Å². The van der Waals surface area contributed by atoms with Crippen molar-refractivity contribution in [2.24, 2.45) is 0 Å². The molecule has 0 unspecified atom stereocenters. The smallest absolute Gasteiger partial charge is 0.240 e. The normalized spacial score (nSPS) is 12.3. The highest BCUT2D eigenvalue weighted by molar-refractivity contribution is 7.89. The van der Waals surface area contributed by atoms with Gasteiger partial charge in [-0.25, -0.2) is 13.1 Å². The molecule has 0 aliphatic rings. The summed E-state index contributed by atoms with van der Waals surface area (Å²) in [5, 5.41) is 14.7. The van der Waals surface area contributed by atoms with Crippen LogP contribution in [0.4, 0.5) is 5.69 Å². The molecule has 0 aromatic heterocycles. The van der Waals surface area contributed by atoms with E-state index in [4.69, 9.17) is 11.6 Å². The molecule has 0 heterocycles. The number of benzene rings is 3. The number of aromatic carboxylic acids is 1. The topological polar surface area (TPSA) is 98.3 Å². The first-order chi connectivity index (χ1) is 13.8. The maximum atomic E-state index is 12.6. The first-order valence-corrected chi connectivity index (χ1v) is 10.6. The van der Waals surface area contributed by atoms with Gasteiger partial charge in [-0.2, -0.15) is 0 Å². The Morgan fingerprint density at radius 3 is 2.31 bits per heavy atom. The summed E-state index contributed by atoms with van der Waals surface area (Å²) in [4.78, 5) is 11.2. The summed E-state index contributed by atoms with van der Waals surface area (Å²) in [6, 6.07) is 20.9. The Morgan fingerprint density at radius 2 is 1.66 bits per heavy atom. The van der Waals surface area contributed by atoms with Crippen molar-refractivity contribution in [3.63, 3.8) is 0 Å². The number of anilines is 1. The number of hydrogen-bond donors (Lipinski definition) is 2. The van der Waals surface area contributed by atoms with Crippen molar-refractivity contribution in [1.82, 2.24) is 4.72 Å². The van der Waals surface area contributed by atoms with Gasteiger partial charge in [0.25, 0.3) is 0 Å². The minimum Gasteiger partial charge on any atom is -0.545 e. The van der Waals surface area contributed by atoms with Gasteiger partial charge in [-0.15, -0.1) is 0 Å². The third-order valence-electron chi connectivity index (χ3n) is 4.24. The first kappa shape index (κ1) is 20.9. The van der Waals surface area contributed by atoms with E-state index in [1.165, 1.54) is 36.4 Å². The summed E-state index contributed by atoms with van der Waals surface area (Å²) in [7, 11) is -3.75. The van der Waals surface area contributed by atoms with Crippen LogP contribution in [0.2, 0.25) is 5.02 Å². The van der Waals surface area contributed by atoms with Gasteiger partial charge in [0.05, 0.1) is 16.9 Å². The monoisotopic (exact) mass is 429 g/mol. The number of carbonyl (C=O) groups is 1. The standard InChI is InChI=1S/C21H19ClN2O4S/c22-17-9-11-19(12-10-17)29(27,28)23-14-20(15-5-2-1-3-6-15)24-18-8-4-7-16(13-18)21(25)26/h1-13,20,23-24H,14H2,(H,25,26)/p-1/t20-/m0/s1. The summed E-state index contributed by atoms with van der Waals surface area (Å²) in [5.74, 6) is -1.28. The average molecular weight is 430 g/mol. The molecule has 1 atom stereocenters. The van der Waals surface area contributed by atoms with Crippen molar-refractivity contribution < 1.29 is 18.3 Å². The van der Waals surface area contributed by atoms with Crippen LogP contribution in [-0.2, 0) is 10.0 Å². The lowest BCUT2D eigenvalue weighted by molar-refractivity contribution is -0.255. The maximum Gasteiger partial charge on any atom is 0.240 e. The van der Waals surface area contributed by atoms with E-state index in [0.717, 1.165) is 5.56 Å². The van der Waals surface area contributed by atoms with Gasteiger partial charge in [-0.05, 0) is 47.5 Å². The zero-order chi connectivity index (χ0) is 20.9. The summed E-state index contributed by atoms with van der Waals surface area (Å²) in [6.07, 6.45) is 0. The molecule has 150 valence electrons. The van der Waals surface area contributed by atoms with Gasteiger partial charge in [0.1, 0.15) is 0 Å². The van der Waals surface area contributed by atoms with Crippen molar-refractivity contribution in [1.29, 1.82) is 0 Å². The number of carbonyl (C=O) groups excluding carboxylic acids is 1. The molecule has 8 heteroatoms. The number of rotatable bonds is 8. The van der Waals surface area contributed by atoms with Gasteiger partial charge in [-0.1, -0.05) is 54.1 Å². The molecule has 0 bridgehead atoms. The van der Waals surface area contributed by atoms with Gasteiger partial charge in [0.15, 0.2) is 0 Å². The van der Waals surface area contributed by atoms with E-state index >= 15 is 0 Å². The lowest BCUT2D eigenvalue weighted by Gasteiger charge is -2.21. The zero-order valence-corrected chi connectivity index (χ0v) is 16.8. The minimum atomic E-state index is -3.75. The van der Waals surface area contributed by atoms with Crippen molar-refractivity contribution in [2.45, 2.75) is 10.9 Å². The summed E-state index contributed by atoms with van der Waals surface area (Å²) in [5.41, 5.74) is 1.40. The van der Waals surface area contributed by atoms with Gasteiger partial charge >= 0.3 is 0 Å². The van der Waals surface area contributed by atoms with Gasteiger partial charge < -0.3 is 15.2 Å². The molecule has 0 saturated heterocycles. The SMILES string of the molecule is O=C([O-])c1cccc(N[C@@H](CNS(=O)(=O)c2ccc(Cl)cc2)c2ccccc2)c1. The molecule has 3 rings (SSSR count). The highest BCUT2D eigenvalue weighted by Gasteiger charge is 2.18. The highest BCUT2D eigenvalue weighted by atomic mass is 35.5. The summed E-state index contributed by atoms with van der Waals surface area (Å²) in [6.45, 7) is 0.0462. The van der Waals surface area contributed by atoms with Crippen LogP contribution >= 0.6 is 11.6 Å². The van der Waals surface area contributed by atoms with Crippen molar-refractivity contribution >= 4 is 33.3 Å². The Kier molecular flexibility index (Phi) is 6.53. The number of halogens is 1. The molecule has 0 amide bonds. The van der Waals surface area contributed by atoms with Crippen molar-refractivity contribution in [2.75, 3.05) is 11.9 Å². The maximum absolute atomic E-state index is 12.6. The minimum absolute atomic E-state index is 0.0311. The van der Waals surface area contributed by atoms with Crippen LogP contribution in [0.1, 0.15) is 22.0 Å². The van der Waals surface area contributed by atoms with Crippen LogP contribution < -0.4 is 15.1 Å². The Balaban J connectivity index is 1.82.